The van der Waals surface area contributed by atoms with Crippen molar-refractivity contribution in [1.29, 1.82) is 0 Å². The standard InChI is InChI=1S/C4H8O7S2/c5-12(6)10-3-1-2-4-11-13(7,8)9/h1-2H,3-4H2,(H,5,6)(H,7,8,9)/b2-1+. The van der Waals surface area contributed by atoms with Crippen LogP contribution in [-0.2, 0) is 30.1 Å². The fraction of sp³-hybridized carbons (Fsp3) is 0.500. The van der Waals surface area contributed by atoms with Crippen LogP contribution >= 0.6 is 0 Å². The first-order valence-electron chi connectivity index (χ1n) is 2.93. The summed E-state index contributed by atoms with van der Waals surface area (Å²) in [6.07, 6.45) is 2.47. The molecular weight excluding hydrogens is 224 g/mol. The van der Waals surface area contributed by atoms with E-state index in [0.29, 0.717) is 0 Å². The van der Waals surface area contributed by atoms with Gasteiger partial charge in [-0.3, -0.25) is 13.3 Å². The van der Waals surface area contributed by atoms with E-state index < -0.39 is 21.8 Å². The van der Waals surface area contributed by atoms with Crippen LogP contribution in [0.15, 0.2) is 12.2 Å². The highest BCUT2D eigenvalue weighted by Gasteiger charge is 2.00. The van der Waals surface area contributed by atoms with Crippen LogP contribution in [-0.4, -0.2) is 34.9 Å². The summed E-state index contributed by atoms with van der Waals surface area (Å²) >= 11 is -2.35. The van der Waals surface area contributed by atoms with Crippen LogP contribution in [0.1, 0.15) is 0 Å². The third-order valence-electron chi connectivity index (χ3n) is 0.745. The van der Waals surface area contributed by atoms with Gasteiger partial charge in [-0.2, -0.15) is 12.6 Å². The smallest absolute Gasteiger partial charge is 0.284 e. The molecule has 0 aliphatic rings. The van der Waals surface area contributed by atoms with Crippen LogP contribution in [0.4, 0.5) is 0 Å². The predicted molar refractivity (Wildman–Crippen MR) is 43.4 cm³/mol. The first-order valence-corrected chi connectivity index (χ1v) is 5.32. The Bertz CT molecular complexity index is 279. The lowest BCUT2D eigenvalue weighted by Crippen LogP contribution is -2.03. The topological polar surface area (TPSA) is 110 Å². The highest BCUT2D eigenvalue weighted by Crippen LogP contribution is 1.87. The summed E-state index contributed by atoms with van der Waals surface area (Å²) in [5, 5.41) is 0. The average molecular weight is 232 g/mol. The van der Waals surface area contributed by atoms with Crippen molar-refractivity contribution < 1.29 is 30.1 Å². The molecule has 0 radical (unpaired) electrons. The lowest BCUT2D eigenvalue weighted by molar-refractivity contribution is 0.294. The van der Waals surface area contributed by atoms with Crippen LogP contribution in [0.3, 0.4) is 0 Å². The highest BCUT2D eigenvalue weighted by atomic mass is 32.3. The molecule has 0 aromatic rings. The Morgan fingerprint density at radius 1 is 1.31 bits per heavy atom. The molecule has 0 fully saturated rings. The SMILES string of the molecule is O=S(O)OC/C=C/COS(=O)(=O)O. The van der Waals surface area contributed by atoms with Crippen LogP contribution in [0.25, 0.3) is 0 Å². The minimum absolute atomic E-state index is 0.155. The monoisotopic (exact) mass is 232 g/mol. The molecule has 0 heterocycles. The molecule has 0 bridgehead atoms. The van der Waals surface area contributed by atoms with E-state index in [2.05, 4.69) is 8.37 Å². The lowest BCUT2D eigenvalue weighted by Gasteiger charge is -1.93. The van der Waals surface area contributed by atoms with E-state index in [4.69, 9.17) is 9.11 Å². The largest absolute Gasteiger partial charge is 0.397 e. The van der Waals surface area contributed by atoms with E-state index in [1.807, 2.05) is 0 Å². The van der Waals surface area contributed by atoms with Crippen LogP contribution in [0, 0.1) is 0 Å². The van der Waals surface area contributed by atoms with Gasteiger partial charge in [-0.05, 0) is 0 Å². The van der Waals surface area contributed by atoms with Crippen molar-refractivity contribution in [3.63, 3.8) is 0 Å². The molecule has 0 aliphatic carbocycles. The van der Waals surface area contributed by atoms with E-state index >= 15 is 0 Å². The Balaban J connectivity index is 3.49. The molecule has 0 amide bonds. The van der Waals surface area contributed by atoms with E-state index in [1.165, 1.54) is 12.2 Å². The molecule has 0 rings (SSSR count). The van der Waals surface area contributed by atoms with Gasteiger partial charge in [-0.1, -0.05) is 12.2 Å². The third-order valence-corrected chi connectivity index (χ3v) is 1.52. The molecule has 0 aliphatic heterocycles. The average Bonchev–Trinajstić information content (AvgIpc) is 1.93. The second-order valence-corrected chi connectivity index (χ2v) is 3.45. The summed E-state index contributed by atoms with van der Waals surface area (Å²) in [6, 6.07) is 0. The Labute approximate surface area is 77.8 Å². The minimum atomic E-state index is -4.43. The molecule has 13 heavy (non-hydrogen) atoms. The zero-order chi connectivity index (χ0) is 10.3. The minimum Gasteiger partial charge on any atom is -0.284 e. The van der Waals surface area contributed by atoms with E-state index in [1.54, 1.807) is 0 Å². The summed E-state index contributed by atoms with van der Waals surface area (Å²) < 4.78 is 54.0. The Hall–Kier alpha value is -0.320. The second kappa shape index (κ2) is 6.18. The van der Waals surface area contributed by atoms with Crippen molar-refractivity contribution in [2.45, 2.75) is 0 Å². The molecule has 7 nitrogen and oxygen atoms in total. The van der Waals surface area contributed by atoms with Gasteiger partial charge in [-0.15, -0.1) is 0 Å². The number of hydrogen-bond acceptors (Lipinski definition) is 5. The molecular formula is C4H8O7S2. The van der Waals surface area contributed by atoms with Gasteiger partial charge in [0.2, 0.25) is 0 Å². The first-order chi connectivity index (χ1) is 5.92. The molecule has 0 aromatic carbocycles. The van der Waals surface area contributed by atoms with Crippen LogP contribution in [0.2, 0.25) is 0 Å². The Morgan fingerprint density at radius 2 is 1.85 bits per heavy atom. The fourth-order valence-electron chi connectivity index (χ4n) is 0.359. The molecule has 1 unspecified atom stereocenters. The molecule has 9 heteroatoms. The van der Waals surface area contributed by atoms with Crippen molar-refractivity contribution in [3.05, 3.63) is 12.2 Å². The molecule has 0 spiro atoms. The van der Waals surface area contributed by atoms with Crippen molar-refractivity contribution in [2.75, 3.05) is 13.2 Å². The maximum absolute atomic E-state index is 9.95. The van der Waals surface area contributed by atoms with Gasteiger partial charge in [0.25, 0.3) is 0 Å². The maximum atomic E-state index is 9.95. The van der Waals surface area contributed by atoms with Crippen LogP contribution < -0.4 is 0 Å². The van der Waals surface area contributed by atoms with Gasteiger partial charge in [0.15, 0.2) is 0 Å². The molecule has 2 N–H and O–H groups in total. The summed E-state index contributed by atoms with van der Waals surface area (Å²) in [5.41, 5.74) is 0. The highest BCUT2D eigenvalue weighted by molar-refractivity contribution is 7.80. The Morgan fingerprint density at radius 3 is 2.31 bits per heavy atom. The van der Waals surface area contributed by atoms with E-state index in [0.717, 1.165) is 0 Å². The van der Waals surface area contributed by atoms with Gasteiger partial charge in [0.1, 0.15) is 0 Å². The maximum Gasteiger partial charge on any atom is 0.397 e. The van der Waals surface area contributed by atoms with Gasteiger partial charge in [0.05, 0.1) is 13.2 Å². The van der Waals surface area contributed by atoms with E-state index in [9.17, 15) is 12.6 Å². The zero-order valence-electron chi connectivity index (χ0n) is 6.32. The molecule has 0 aromatic heterocycles. The number of rotatable bonds is 6. The molecule has 1 atom stereocenters. The normalized spacial score (nSPS) is 14.9. The summed E-state index contributed by atoms with van der Waals surface area (Å²) in [5.74, 6) is 0. The lowest BCUT2D eigenvalue weighted by atomic mass is 10.5. The van der Waals surface area contributed by atoms with Gasteiger partial charge >= 0.3 is 21.8 Å². The van der Waals surface area contributed by atoms with Crippen molar-refractivity contribution >= 4 is 21.8 Å². The Kier molecular flexibility index (Phi) is 6.03. The van der Waals surface area contributed by atoms with Gasteiger partial charge in [-0.25, -0.2) is 4.18 Å². The third kappa shape index (κ3) is 11.7. The van der Waals surface area contributed by atoms with Gasteiger partial charge in [0, 0.05) is 0 Å². The van der Waals surface area contributed by atoms with Crippen molar-refractivity contribution in [3.8, 4) is 0 Å². The van der Waals surface area contributed by atoms with Crippen LogP contribution in [0.5, 0.6) is 0 Å². The predicted octanol–water partition coefficient (Wildman–Crippen LogP) is -0.485. The molecule has 0 saturated heterocycles. The quantitative estimate of drug-likeness (QED) is 0.361. The van der Waals surface area contributed by atoms with E-state index in [-0.39, 0.29) is 13.2 Å². The first kappa shape index (κ1) is 12.7. The zero-order valence-corrected chi connectivity index (χ0v) is 7.95. The molecule has 78 valence electrons. The molecule has 0 saturated carbocycles. The van der Waals surface area contributed by atoms with Crippen molar-refractivity contribution in [2.24, 2.45) is 0 Å². The summed E-state index contributed by atoms with van der Waals surface area (Å²) in [6.45, 7) is -0.516. The number of hydrogen-bond donors (Lipinski definition) is 2. The summed E-state index contributed by atoms with van der Waals surface area (Å²) in [7, 11) is -4.43. The second-order valence-electron chi connectivity index (χ2n) is 1.69. The fourth-order valence-corrected chi connectivity index (χ4v) is 0.804. The summed E-state index contributed by atoms with van der Waals surface area (Å²) in [4.78, 5) is 0. The van der Waals surface area contributed by atoms with Crippen molar-refractivity contribution in [1.82, 2.24) is 0 Å². The van der Waals surface area contributed by atoms with Gasteiger partial charge < -0.3 is 0 Å².